The Labute approximate surface area is 107 Å². The van der Waals surface area contributed by atoms with E-state index < -0.39 is 10.9 Å². The average Bonchev–Trinajstić information content (AvgIpc) is 2.12. The number of rotatable bonds is 3. The summed E-state index contributed by atoms with van der Waals surface area (Å²) in [6, 6.07) is 3.00. The first-order valence-electron chi connectivity index (χ1n) is 3.96. The number of hydrogen-bond donors (Lipinski definition) is 1. The maximum Gasteiger partial charge on any atom is 0.328 e. The summed E-state index contributed by atoms with van der Waals surface area (Å²) in [7, 11) is 0. The highest BCUT2D eigenvalue weighted by atomic mass is 79.9. The topological polar surface area (TPSA) is 80.4 Å². The SMILES string of the molecule is O=C(O)/C=C/c1cc(Br)cc(Br)c1[N+](=O)[O-]. The zero-order chi connectivity index (χ0) is 12.3. The molecule has 0 aliphatic rings. The maximum absolute atomic E-state index is 10.8. The fraction of sp³-hybridized carbons (Fsp3) is 0. The van der Waals surface area contributed by atoms with Gasteiger partial charge in [-0.15, -0.1) is 0 Å². The van der Waals surface area contributed by atoms with E-state index >= 15 is 0 Å². The minimum Gasteiger partial charge on any atom is -0.478 e. The molecule has 84 valence electrons. The van der Waals surface area contributed by atoms with Crippen LogP contribution in [0.4, 0.5) is 5.69 Å². The first kappa shape index (κ1) is 12.9. The summed E-state index contributed by atoms with van der Waals surface area (Å²) in [5.41, 5.74) is 0.0503. The predicted octanol–water partition coefficient (Wildman–Crippen LogP) is 3.22. The van der Waals surface area contributed by atoms with Gasteiger partial charge in [0.2, 0.25) is 0 Å². The molecule has 0 aliphatic carbocycles. The van der Waals surface area contributed by atoms with Gasteiger partial charge in [0.25, 0.3) is 5.69 Å². The van der Waals surface area contributed by atoms with Gasteiger partial charge in [0.1, 0.15) is 0 Å². The molecule has 0 unspecified atom stereocenters. The standard InChI is InChI=1S/C9H5Br2NO4/c10-6-3-5(1-2-8(13)14)9(12(15)16)7(11)4-6/h1-4H,(H,13,14)/b2-1+. The van der Waals surface area contributed by atoms with Gasteiger partial charge in [-0.05, 0) is 34.1 Å². The Bertz CT molecular complexity index is 485. The van der Waals surface area contributed by atoms with Gasteiger partial charge in [0.15, 0.2) is 0 Å². The van der Waals surface area contributed by atoms with E-state index in [4.69, 9.17) is 5.11 Å². The number of halogens is 2. The van der Waals surface area contributed by atoms with Crippen LogP contribution < -0.4 is 0 Å². The molecule has 0 aromatic heterocycles. The van der Waals surface area contributed by atoms with Crippen LogP contribution in [0.15, 0.2) is 27.2 Å². The second kappa shape index (κ2) is 5.22. The highest BCUT2D eigenvalue weighted by molar-refractivity contribution is 9.11. The summed E-state index contributed by atoms with van der Waals surface area (Å²) in [5, 5.41) is 19.2. The van der Waals surface area contributed by atoms with E-state index in [-0.39, 0.29) is 15.7 Å². The maximum atomic E-state index is 10.8. The van der Waals surface area contributed by atoms with E-state index in [1.165, 1.54) is 18.2 Å². The molecule has 0 spiro atoms. The van der Waals surface area contributed by atoms with Crippen molar-refractivity contribution in [1.29, 1.82) is 0 Å². The van der Waals surface area contributed by atoms with Crippen LogP contribution in [0.3, 0.4) is 0 Å². The van der Waals surface area contributed by atoms with E-state index in [0.29, 0.717) is 4.47 Å². The summed E-state index contributed by atoms with van der Waals surface area (Å²) in [6.07, 6.45) is 2.02. The van der Waals surface area contributed by atoms with Crippen LogP contribution in [-0.2, 0) is 4.79 Å². The molecular weight excluding hydrogens is 346 g/mol. The molecule has 0 aliphatic heterocycles. The molecule has 0 bridgehead atoms. The summed E-state index contributed by atoms with van der Waals surface area (Å²) in [6.45, 7) is 0. The Morgan fingerprint density at radius 2 is 2.06 bits per heavy atom. The fourth-order valence-corrected chi connectivity index (χ4v) is 2.47. The Balaban J connectivity index is 3.35. The molecule has 7 heteroatoms. The molecule has 0 amide bonds. The van der Waals surface area contributed by atoms with Gasteiger partial charge in [-0.3, -0.25) is 10.1 Å². The molecule has 0 fully saturated rings. The molecule has 1 rings (SSSR count). The number of benzene rings is 1. The lowest BCUT2D eigenvalue weighted by molar-refractivity contribution is -0.385. The number of hydrogen-bond acceptors (Lipinski definition) is 3. The second-order valence-corrected chi connectivity index (χ2v) is 4.52. The number of carboxylic acids is 1. The zero-order valence-corrected chi connectivity index (χ0v) is 10.9. The van der Waals surface area contributed by atoms with Crippen molar-refractivity contribution in [3.63, 3.8) is 0 Å². The number of carbonyl (C=O) groups is 1. The molecule has 0 saturated carbocycles. The average molecular weight is 351 g/mol. The summed E-state index contributed by atoms with van der Waals surface area (Å²) >= 11 is 6.22. The molecule has 5 nitrogen and oxygen atoms in total. The van der Waals surface area contributed by atoms with Crippen molar-refractivity contribution < 1.29 is 14.8 Å². The summed E-state index contributed by atoms with van der Waals surface area (Å²) in [4.78, 5) is 20.5. The molecule has 0 atom stereocenters. The van der Waals surface area contributed by atoms with E-state index in [1.54, 1.807) is 0 Å². The van der Waals surface area contributed by atoms with Crippen molar-refractivity contribution >= 4 is 49.6 Å². The third-order valence-corrected chi connectivity index (χ3v) is 2.71. The van der Waals surface area contributed by atoms with Gasteiger partial charge in [-0.2, -0.15) is 0 Å². The third-order valence-electron chi connectivity index (χ3n) is 1.65. The molecule has 0 saturated heterocycles. The lowest BCUT2D eigenvalue weighted by atomic mass is 10.1. The van der Waals surface area contributed by atoms with Crippen LogP contribution in [0.1, 0.15) is 5.56 Å². The van der Waals surface area contributed by atoms with Gasteiger partial charge in [-0.25, -0.2) is 4.79 Å². The third kappa shape index (κ3) is 3.14. The van der Waals surface area contributed by atoms with Crippen molar-refractivity contribution in [2.24, 2.45) is 0 Å². The van der Waals surface area contributed by atoms with Gasteiger partial charge >= 0.3 is 5.97 Å². The summed E-state index contributed by atoms with van der Waals surface area (Å²) in [5.74, 6) is -1.16. The van der Waals surface area contributed by atoms with Crippen molar-refractivity contribution in [3.05, 3.63) is 42.8 Å². The minimum absolute atomic E-state index is 0.166. The van der Waals surface area contributed by atoms with Crippen LogP contribution >= 0.6 is 31.9 Å². The Morgan fingerprint density at radius 1 is 1.44 bits per heavy atom. The number of aliphatic carboxylic acids is 1. The summed E-state index contributed by atoms with van der Waals surface area (Å²) < 4.78 is 0.909. The molecule has 1 N–H and O–H groups in total. The van der Waals surface area contributed by atoms with Crippen LogP contribution in [0, 0.1) is 10.1 Å². The largest absolute Gasteiger partial charge is 0.478 e. The van der Waals surface area contributed by atoms with Gasteiger partial charge < -0.3 is 5.11 Å². The minimum atomic E-state index is -1.16. The highest BCUT2D eigenvalue weighted by Crippen LogP contribution is 2.33. The van der Waals surface area contributed by atoms with E-state index in [9.17, 15) is 14.9 Å². The smallest absolute Gasteiger partial charge is 0.328 e. The number of carboxylic acid groups (broad SMARTS) is 1. The van der Waals surface area contributed by atoms with Crippen LogP contribution in [0.25, 0.3) is 6.08 Å². The van der Waals surface area contributed by atoms with Crippen LogP contribution in [-0.4, -0.2) is 16.0 Å². The van der Waals surface area contributed by atoms with Crippen LogP contribution in [0.5, 0.6) is 0 Å². The number of nitro groups is 1. The quantitative estimate of drug-likeness (QED) is 0.515. The van der Waals surface area contributed by atoms with Crippen molar-refractivity contribution in [3.8, 4) is 0 Å². The molecule has 16 heavy (non-hydrogen) atoms. The molecule has 1 aromatic carbocycles. The highest BCUT2D eigenvalue weighted by Gasteiger charge is 2.17. The van der Waals surface area contributed by atoms with Gasteiger partial charge in [0, 0.05) is 10.5 Å². The van der Waals surface area contributed by atoms with Gasteiger partial charge in [-0.1, -0.05) is 15.9 Å². The first-order chi connectivity index (χ1) is 7.41. The Hall–Kier alpha value is -1.21. The zero-order valence-electron chi connectivity index (χ0n) is 7.68. The Morgan fingerprint density at radius 3 is 2.56 bits per heavy atom. The monoisotopic (exact) mass is 349 g/mol. The first-order valence-corrected chi connectivity index (χ1v) is 5.55. The van der Waals surface area contributed by atoms with E-state index in [1.807, 2.05) is 0 Å². The van der Waals surface area contributed by atoms with E-state index in [0.717, 1.165) is 6.08 Å². The van der Waals surface area contributed by atoms with Gasteiger partial charge in [0.05, 0.1) is 15.0 Å². The lowest BCUT2D eigenvalue weighted by Gasteiger charge is -2.01. The lowest BCUT2D eigenvalue weighted by Crippen LogP contribution is -1.94. The van der Waals surface area contributed by atoms with Crippen molar-refractivity contribution in [2.45, 2.75) is 0 Å². The normalized spacial score (nSPS) is 10.6. The van der Waals surface area contributed by atoms with Crippen molar-refractivity contribution in [1.82, 2.24) is 0 Å². The number of nitro benzene ring substituents is 1. The molecule has 1 aromatic rings. The van der Waals surface area contributed by atoms with Crippen LogP contribution in [0.2, 0.25) is 0 Å². The molecule has 0 radical (unpaired) electrons. The second-order valence-electron chi connectivity index (χ2n) is 2.75. The molecule has 0 heterocycles. The number of nitrogens with zero attached hydrogens (tertiary/aromatic N) is 1. The fourth-order valence-electron chi connectivity index (χ4n) is 1.07. The molecular formula is C9H5Br2NO4. The van der Waals surface area contributed by atoms with Crippen molar-refractivity contribution in [2.75, 3.05) is 0 Å². The Kier molecular flexibility index (Phi) is 4.19. The predicted molar refractivity (Wildman–Crippen MR) is 65.2 cm³/mol. The van der Waals surface area contributed by atoms with E-state index in [2.05, 4.69) is 31.9 Å².